The largest absolute Gasteiger partial charge is 0.343 e. The van der Waals surface area contributed by atoms with Gasteiger partial charge in [0.25, 0.3) is 0 Å². The van der Waals surface area contributed by atoms with Crippen molar-refractivity contribution in [2.45, 2.75) is 45.3 Å². The smallest absolute Gasteiger partial charge is 0.246 e. The molecule has 0 saturated carbocycles. The number of amides is 2. The molecule has 1 aromatic heterocycles. The summed E-state index contributed by atoms with van der Waals surface area (Å²) in [5.74, 6) is 0.705. The molecule has 0 aromatic carbocycles. The van der Waals surface area contributed by atoms with Crippen LogP contribution in [0.5, 0.6) is 0 Å². The van der Waals surface area contributed by atoms with Crippen LogP contribution in [0.4, 0.5) is 0 Å². The van der Waals surface area contributed by atoms with Gasteiger partial charge in [-0.15, -0.1) is 0 Å². The Morgan fingerprint density at radius 1 is 1.32 bits per heavy atom. The lowest BCUT2D eigenvalue weighted by Crippen LogP contribution is -2.62. The standard InChI is InChI=1S/C13H20N4O2/c1-4-9-13(19)17(10(5-2)12(18)15-9)8-11-14-6-7-16(11)3/h6-7,9-10H,4-5,8H2,1-3H3,(H,15,18). The summed E-state index contributed by atoms with van der Waals surface area (Å²) in [5, 5.41) is 2.78. The molecule has 6 heteroatoms. The Balaban J connectivity index is 2.24. The molecule has 6 nitrogen and oxygen atoms in total. The van der Waals surface area contributed by atoms with Crippen molar-refractivity contribution >= 4 is 11.8 Å². The molecule has 104 valence electrons. The summed E-state index contributed by atoms with van der Waals surface area (Å²) in [4.78, 5) is 30.3. The Hall–Kier alpha value is -1.85. The molecule has 1 N–H and O–H groups in total. The summed E-state index contributed by atoms with van der Waals surface area (Å²) in [6, 6.07) is -0.803. The van der Waals surface area contributed by atoms with Crippen LogP contribution in [0.25, 0.3) is 0 Å². The van der Waals surface area contributed by atoms with E-state index in [0.717, 1.165) is 5.82 Å². The molecule has 2 heterocycles. The lowest BCUT2D eigenvalue weighted by atomic mass is 10.0. The first-order valence-electron chi connectivity index (χ1n) is 6.65. The zero-order valence-corrected chi connectivity index (χ0v) is 11.6. The summed E-state index contributed by atoms with van der Waals surface area (Å²) in [6.45, 7) is 4.19. The van der Waals surface area contributed by atoms with E-state index in [0.29, 0.717) is 19.4 Å². The van der Waals surface area contributed by atoms with Gasteiger partial charge >= 0.3 is 0 Å². The number of aromatic nitrogens is 2. The van der Waals surface area contributed by atoms with Gasteiger partial charge in [-0.1, -0.05) is 13.8 Å². The van der Waals surface area contributed by atoms with Gasteiger partial charge in [0.2, 0.25) is 11.8 Å². The summed E-state index contributed by atoms with van der Waals surface area (Å²) in [7, 11) is 1.88. The van der Waals surface area contributed by atoms with Gasteiger partial charge in [0, 0.05) is 19.4 Å². The maximum absolute atomic E-state index is 12.4. The van der Waals surface area contributed by atoms with E-state index < -0.39 is 12.1 Å². The van der Waals surface area contributed by atoms with Crippen LogP contribution in [0.2, 0.25) is 0 Å². The molecular formula is C13H20N4O2. The second-order valence-electron chi connectivity index (χ2n) is 4.81. The molecule has 1 saturated heterocycles. The summed E-state index contributed by atoms with van der Waals surface area (Å²) in [6.07, 6.45) is 4.75. The molecule has 0 bridgehead atoms. The van der Waals surface area contributed by atoms with Gasteiger partial charge in [-0.05, 0) is 12.8 Å². The first-order chi connectivity index (χ1) is 9.08. The zero-order chi connectivity index (χ0) is 14.0. The molecule has 0 radical (unpaired) electrons. The molecule has 2 unspecified atom stereocenters. The fourth-order valence-corrected chi connectivity index (χ4v) is 2.40. The van der Waals surface area contributed by atoms with Crippen LogP contribution in [-0.4, -0.2) is 38.3 Å². The van der Waals surface area contributed by atoms with E-state index in [9.17, 15) is 9.59 Å². The van der Waals surface area contributed by atoms with Gasteiger partial charge < -0.3 is 14.8 Å². The van der Waals surface area contributed by atoms with Crippen LogP contribution >= 0.6 is 0 Å². The summed E-state index contributed by atoms with van der Waals surface area (Å²) >= 11 is 0. The molecule has 0 spiro atoms. The predicted octanol–water partition coefficient (Wildman–Crippen LogP) is 0.436. The quantitative estimate of drug-likeness (QED) is 0.858. The Kier molecular flexibility index (Phi) is 3.87. The van der Waals surface area contributed by atoms with Crippen LogP contribution < -0.4 is 5.32 Å². The third kappa shape index (κ3) is 2.47. The van der Waals surface area contributed by atoms with Crippen molar-refractivity contribution in [1.29, 1.82) is 0 Å². The second-order valence-corrected chi connectivity index (χ2v) is 4.81. The van der Waals surface area contributed by atoms with Crippen LogP contribution in [0, 0.1) is 0 Å². The molecule has 2 rings (SSSR count). The third-order valence-corrected chi connectivity index (χ3v) is 3.60. The molecule has 2 atom stereocenters. The van der Waals surface area contributed by atoms with Crippen molar-refractivity contribution < 1.29 is 9.59 Å². The zero-order valence-electron chi connectivity index (χ0n) is 11.6. The van der Waals surface area contributed by atoms with Crippen molar-refractivity contribution in [2.75, 3.05) is 0 Å². The maximum Gasteiger partial charge on any atom is 0.246 e. The van der Waals surface area contributed by atoms with Crippen LogP contribution in [-0.2, 0) is 23.2 Å². The van der Waals surface area contributed by atoms with Gasteiger partial charge in [0.05, 0.1) is 6.54 Å². The van der Waals surface area contributed by atoms with E-state index >= 15 is 0 Å². The minimum atomic E-state index is -0.407. The Bertz CT molecular complexity index is 483. The van der Waals surface area contributed by atoms with E-state index in [1.165, 1.54) is 0 Å². The highest BCUT2D eigenvalue weighted by atomic mass is 16.2. The normalized spacial score (nSPS) is 23.6. The van der Waals surface area contributed by atoms with Gasteiger partial charge in [-0.2, -0.15) is 0 Å². The number of rotatable bonds is 4. The Morgan fingerprint density at radius 2 is 2.05 bits per heavy atom. The summed E-state index contributed by atoms with van der Waals surface area (Å²) < 4.78 is 1.87. The van der Waals surface area contributed by atoms with Gasteiger partial charge in [-0.3, -0.25) is 9.59 Å². The fourth-order valence-electron chi connectivity index (χ4n) is 2.40. The highest BCUT2D eigenvalue weighted by Gasteiger charge is 2.38. The van der Waals surface area contributed by atoms with Crippen molar-refractivity contribution in [3.05, 3.63) is 18.2 Å². The van der Waals surface area contributed by atoms with Crippen molar-refractivity contribution in [3.63, 3.8) is 0 Å². The number of hydrogen-bond acceptors (Lipinski definition) is 3. The SMILES string of the molecule is CCC1NC(=O)C(CC)N(Cc2nccn2C)C1=O. The second kappa shape index (κ2) is 5.42. The number of hydrogen-bond donors (Lipinski definition) is 1. The molecule has 2 amide bonds. The molecule has 0 aliphatic carbocycles. The first kappa shape index (κ1) is 13.6. The average Bonchev–Trinajstić information content (AvgIpc) is 2.79. The first-order valence-corrected chi connectivity index (χ1v) is 6.65. The van der Waals surface area contributed by atoms with Crippen molar-refractivity contribution in [1.82, 2.24) is 19.8 Å². The molecule has 1 aliphatic heterocycles. The fraction of sp³-hybridized carbons (Fsp3) is 0.615. The van der Waals surface area contributed by atoms with Gasteiger partial charge in [-0.25, -0.2) is 4.98 Å². The Labute approximate surface area is 112 Å². The van der Waals surface area contributed by atoms with Crippen LogP contribution in [0.3, 0.4) is 0 Å². The molecule has 19 heavy (non-hydrogen) atoms. The van der Waals surface area contributed by atoms with E-state index in [2.05, 4.69) is 10.3 Å². The van der Waals surface area contributed by atoms with Gasteiger partial charge in [0.1, 0.15) is 17.9 Å². The van der Waals surface area contributed by atoms with Gasteiger partial charge in [0.15, 0.2) is 0 Å². The highest BCUT2D eigenvalue weighted by molar-refractivity contribution is 5.96. The van der Waals surface area contributed by atoms with E-state index in [1.54, 1.807) is 11.1 Å². The van der Waals surface area contributed by atoms with Crippen LogP contribution in [0.15, 0.2) is 12.4 Å². The molecular weight excluding hydrogens is 244 g/mol. The number of imidazole rings is 1. The number of carbonyl (C=O) groups is 2. The van der Waals surface area contributed by atoms with E-state index in [1.807, 2.05) is 31.7 Å². The molecule has 1 aromatic rings. The van der Waals surface area contributed by atoms with E-state index in [-0.39, 0.29) is 11.8 Å². The maximum atomic E-state index is 12.4. The molecule has 1 aliphatic rings. The monoisotopic (exact) mass is 264 g/mol. The number of piperazine rings is 1. The topological polar surface area (TPSA) is 67.2 Å². The minimum Gasteiger partial charge on any atom is -0.343 e. The third-order valence-electron chi connectivity index (χ3n) is 3.60. The number of nitrogens with zero attached hydrogens (tertiary/aromatic N) is 3. The minimum absolute atomic E-state index is 0.0167. The molecule has 1 fully saturated rings. The lowest BCUT2D eigenvalue weighted by molar-refractivity contribution is -0.150. The van der Waals surface area contributed by atoms with Crippen molar-refractivity contribution in [3.8, 4) is 0 Å². The number of nitrogens with one attached hydrogen (secondary N) is 1. The summed E-state index contributed by atoms with van der Waals surface area (Å²) in [5.41, 5.74) is 0. The lowest BCUT2D eigenvalue weighted by Gasteiger charge is -2.38. The predicted molar refractivity (Wildman–Crippen MR) is 70.1 cm³/mol. The van der Waals surface area contributed by atoms with Crippen molar-refractivity contribution in [2.24, 2.45) is 7.05 Å². The number of aryl methyl sites for hydroxylation is 1. The number of carbonyl (C=O) groups excluding carboxylic acids is 2. The average molecular weight is 264 g/mol. The Morgan fingerprint density at radius 3 is 2.58 bits per heavy atom. The van der Waals surface area contributed by atoms with E-state index in [4.69, 9.17) is 0 Å². The highest BCUT2D eigenvalue weighted by Crippen LogP contribution is 2.17. The van der Waals surface area contributed by atoms with Crippen LogP contribution in [0.1, 0.15) is 32.5 Å².